The van der Waals surface area contributed by atoms with E-state index in [0.717, 1.165) is 0 Å². The Kier molecular flexibility index (Phi) is 2.98. The topological polar surface area (TPSA) is 43.8 Å². The van der Waals surface area contributed by atoms with Crippen molar-refractivity contribution in [2.24, 2.45) is 5.73 Å². The van der Waals surface area contributed by atoms with E-state index in [4.69, 9.17) is 5.73 Å². The predicted octanol–water partition coefficient (Wildman–Crippen LogP) is 1.73. The Labute approximate surface area is 75.6 Å². The van der Waals surface area contributed by atoms with Gasteiger partial charge in [0.15, 0.2) is 0 Å². The number of aromatic nitrogens is 2. The van der Waals surface area contributed by atoms with Crippen molar-refractivity contribution in [3.8, 4) is 0 Å². The van der Waals surface area contributed by atoms with Gasteiger partial charge in [0.2, 0.25) is 0 Å². The Morgan fingerprint density at radius 3 is 2.54 bits per heavy atom. The lowest BCUT2D eigenvalue weighted by Crippen LogP contribution is -2.22. The molecule has 0 spiro atoms. The smallest absolute Gasteiger partial charge is 0.259 e. The zero-order valence-electron chi connectivity index (χ0n) is 7.61. The molecule has 5 heteroatoms. The lowest BCUT2D eigenvalue weighted by Gasteiger charge is -2.16. The largest absolute Gasteiger partial charge is 0.330 e. The lowest BCUT2D eigenvalue weighted by atomic mass is 10.2. The van der Waals surface area contributed by atoms with Gasteiger partial charge in [-0.1, -0.05) is 0 Å². The fourth-order valence-corrected chi connectivity index (χ4v) is 1.13. The van der Waals surface area contributed by atoms with E-state index in [9.17, 15) is 8.78 Å². The average molecular weight is 189 g/mol. The third-order valence-electron chi connectivity index (χ3n) is 1.87. The Morgan fingerprint density at radius 2 is 2.08 bits per heavy atom. The lowest BCUT2D eigenvalue weighted by molar-refractivity contribution is 0.112. The Balaban J connectivity index is 2.93. The van der Waals surface area contributed by atoms with Crippen LogP contribution in [0.15, 0.2) is 12.5 Å². The van der Waals surface area contributed by atoms with Gasteiger partial charge < -0.3 is 10.3 Å². The maximum Gasteiger partial charge on any atom is 0.259 e. The summed E-state index contributed by atoms with van der Waals surface area (Å²) in [5.74, 6) is 0. The van der Waals surface area contributed by atoms with Crippen LogP contribution in [-0.2, 0) is 0 Å². The van der Waals surface area contributed by atoms with Gasteiger partial charge in [-0.15, -0.1) is 0 Å². The first kappa shape index (κ1) is 10.1. The molecule has 74 valence electrons. The zero-order valence-corrected chi connectivity index (χ0v) is 7.61. The van der Waals surface area contributed by atoms with Crippen LogP contribution in [0.3, 0.4) is 0 Å². The third kappa shape index (κ3) is 2.03. The van der Waals surface area contributed by atoms with Gasteiger partial charge in [-0.2, -0.15) is 0 Å². The molecule has 0 aliphatic carbocycles. The first-order valence-electron chi connectivity index (χ1n) is 4.09. The maximum absolute atomic E-state index is 12.3. The second kappa shape index (κ2) is 3.83. The third-order valence-corrected chi connectivity index (χ3v) is 1.87. The van der Waals surface area contributed by atoms with E-state index in [1.807, 2.05) is 13.8 Å². The van der Waals surface area contributed by atoms with Crippen LogP contribution in [0.1, 0.15) is 31.6 Å². The van der Waals surface area contributed by atoms with Crippen molar-refractivity contribution >= 4 is 0 Å². The van der Waals surface area contributed by atoms with E-state index < -0.39 is 12.5 Å². The molecule has 1 unspecified atom stereocenters. The first-order valence-corrected chi connectivity index (χ1v) is 4.09. The van der Waals surface area contributed by atoms with Crippen molar-refractivity contribution in [2.75, 3.05) is 0 Å². The molecule has 0 saturated heterocycles. The minimum atomic E-state index is -2.55. The number of alkyl halides is 2. The minimum Gasteiger partial charge on any atom is -0.330 e. The number of hydrogen-bond acceptors (Lipinski definition) is 2. The molecule has 0 aliphatic rings. The Morgan fingerprint density at radius 1 is 1.46 bits per heavy atom. The molecule has 1 aromatic rings. The van der Waals surface area contributed by atoms with E-state index in [0.29, 0.717) is 5.69 Å². The summed E-state index contributed by atoms with van der Waals surface area (Å²) in [4.78, 5) is 3.80. The molecule has 13 heavy (non-hydrogen) atoms. The molecule has 0 saturated carbocycles. The Bertz CT molecular complexity index is 270. The summed E-state index contributed by atoms with van der Waals surface area (Å²) in [5.41, 5.74) is 5.69. The van der Waals surface area contributed by atoms with Crippen molar-refractivity contribution in [3.63, 3.8) is 0 Å². The quantitative estimate of drug-likeness (QED) is 0.786. The summed E-state index contributed by atoms with van der Waals surface area (Å²) >= 11 is 0. The van der Waals surface area contributed by atoms with E-state index in [-0.39, 0.29) is 6.04 Å². The highest BCUT2D eigenvalue weighted by atomic mass is 19.3. The highest BCUT2D eigenvalue weighted by Gasteiger charge is 2.21. The Hall–Kier alpha value is -0.970. The normalized spacial score (nSPS) is 14.1. The summed E-state index contributed by atoms with van der Waals surface area (Å²) in [7, 11) is 0. The van der Waals surface area contributed by atoms with Crippen LogP contribution < -0.4 is 5.73 Å². The van der Waals surface area contributed by atoms with Crippen LogP contribution in [0.5, 0.6) is 0 Å². The van der Waals surface area contributed by atoms with Crippen LogP contribution in [0.2, 0.25) is 0 Å². The summed E-state index contributed by atoms with van der Waals surface area (Å²) in [6, 6.07) is -1.15. The van der Waals surface area contributed by atoms with Gasteiger partial charge in [-0.25, -0.2) is 13.8 Å². The van der Waals surface area contributed by atoms with Gasteiger partial charge in [0.05, 0.1) is 12.0 Å². The van der Waals surface area contributed by atoms with Gasteiger partial charge in [0, 0.05) is 12.2 Å². The van der Waals surface area contributed by atoms with Gasteiger partial charge >= 0.3 is 0 Å². The summed E-state index contributed by atoms with van der Waals surface area (Å²) in [6.45, 7) is 3.78. The van der Waals surface area contributed by atoms with Gasteiger partial charge in [-0.05, 0) is 13.8 Å². The average Bonchev–Trinajstić information content (AvgIpc) is 2.50. The molecule has 0 fully saturated rings. The SMILES string of the molecule is CC(C)n1cncc1C(N)C(F)F. The van der Waals surface area contributed by atoms with Crippen LogP contribution >= 0.6 is 0 Å². The molecule has 1 atom stereocenters. The number of hydrogen-bond donors (Lipinski definition) is 1. The minimum absolute atomic E-state index is 0.0994. The van der Waals surface area contributed by atoms with Crippen LogP contribution in [0.25, 0.3) is 0 Å². The van der Waals surface area contributed by atoms with Crippen LogP contribution in [0, 0.1) is 0 Å². The number of rotatable bonds is 3. The molecular weight excluding hydrogens is 176 g/mol. The van der Waals surface area contributed by atoms with Gasteiger partial charge in [0.25, 0.3) is 6.43 Å². The molecule has 1 rings (SSSR count). The predicted molar refractivity (Wildman–Crippen MR) is 45.5 cm³/mol. The summed E-state index contributed by atoms with van der Waals surface area (Å²) < 4.78 is 26.2. The molecule has 1 aromatic heterocycles. The molecule has 0 aromatic carbocycles. The second-order valence-electron chi connectivity index (χ2n) is 3.18. The van der Waals surface area contributed by atoms with Crippen molar-refractivity contribution in [3.05, 3.63) is 18.2 Å². The second-order valence-corrected chi connectivity index (χ2v) is 3.18. The fourth-order valence-electron chi connectivity index (χ4n) is 1.13. The molecule has 2 N–H and O–H groups in total. The van der Waals surface area contributed by atoms with Crippen LogP contribution in [-0.4, -0.2) is 16.0 Å². The van der Waals surface area contributed by atoms with E-state index in [1.54, 1.807) is 4.57 Å². The number of imidazole rings is 1. The van der Waals surface area contributed by atoms with E-state index >= 15 is 0 Å². The van der Waals surface area contributed by atoms with Crippen molar-refractivity contribution in [2.45, 2.75) is 32.4 Å². The standard InChI is InChI=1S/C8H13F2N3/c1-5(2)13-4-12-3-6(13)7(11)8(9)10/h3-5,7-8H,11H2,1-2H3. The molecular formula is C8H13F2N3. The molecule has 0 aliphatic heterocycles. The zero-order chi connectivity index (χ0) is 10.0. The van der Waals surface area contributed by atoms with Crippen molar-refractivity contribution < 1.29 is 8.78 Å². The highest BCUT2D eigenvalue weighted by molar-refractivity contribution is 5.06. The summed E-state index contributed by atoms with van der Waals surface area (Å²) in [6.07, 6.45) is 0.355. The molecule has 0 bridgehead atoms. The first-order chi connectivity index (χ1) is 6.04. The molecule has 1 heterocycles. The molecule has 0 radical (unpaired) electrons. The van der Waals surface area contributed by atoms with Crippen LogP contribution in [0.4, 0.5) is 8.78 Å². The summed E-state index contributed by atoms with van der Waals surface area (Å²) in [5, 5.41) is 0. The van der Waals surface area contributed by atoms with E-state index in [2.05, 4.69) is 4.98 Å². The number of halogens is 2. The number of nitrogens with two attached hydrogens (primary N) is 1. The highest BCUT2D eigenvalue weighted by Crippen LogP contribution is 2.20. The van der Waals surface area contributed by atoms with Gasteiger partial charge in [0.1, 0.15) is 6.04 Å². The fraction of sp³-hybridized carbons (Fsp3) is 0.625. The van der Waals surface area contributed by atoms with Crippen molar-refractivity contribution in [1.82, 2.24) is 9.55 Å². The van der Waals surface area contributed by atoms with Gasteiger partial charge in [-0.3, -0.25) is 0 Å². The van der Waals surface area contributed by atoms with Crippen molar-refractivity contribution in [1.29, 1.82) is 0 Å². The monoisotopic (exact) mass is 189 g/mol. The van der Waals surface area contributed by atoms with E-state index in [1.165, 1.54) is 12.5 Å². The molecule has 3 nitrogen and oxygen atoms in total. The molecule has 0 amide bonds. The maximum atomic E-state index is 12.3. The number of nitrogens with zero attached hydrogens (tertiary/aromatic N) is 2.